The molecule has 0 aliphatic rings. The van der Waals surface area contributed by atoms with E-state index < -0.39 is 16.1 Å². The van der Waals surface area contributed by atoms with Crippen LogP contribution in [0.2, 0.25) is 5.02 Å². The number of aromatic nitrogens is 1. The Kier molecular flexibility index (Phi) is 8.09. The Morgan fingerprint density at radius 2 is 1.69 bits per heavy atom. The maximum absolute atomic E-state index is 11.7. The number of anilines is 1. The Bertz CT molecular complexity index is 1690. The summed E-state index contributed by atoms with van der Waals surface area (Å²) in [6.45, 7) is 1.93. The third-order valence-corrected chi connectivity index (χ3v) is 7.42. The van der Waals surface area contributed by atoms with E-state index in [4.69, 9.17) is 16.3 Å². The van der Waals surface area contributed by atoms with E-state index in [1.807, 2.05) is 54.6 Å². The largest absolute Gasteiger partial charge is 0.492 e. The van der Waals surface area contributed by atoms with E-state index in [1.165, 1.54) is 5.39 Å². The van der Waals surface area contributed by atoms with Crippen LogP contribution in [0.3, 0.4) is 0 Å². The van der Waals surface area contributed by atoms with Crippen molar-refractivity contribution in [2.75, 3.05) is 30.7 Å². The van der Waals surface area contributed by atoms with E-state index in [0.717, 1.165) is 34.0 Å². The number of rotatable bonds is 11. The number of nitrogens with one attached hydrogen (secondary N) is 2. The summed E-state index contributed by atoms with van der Waals surface area (Å²) >= 11 is 6.17. The molecule has 5 aromatic rings. The van der Waals surface area contributed by atoms with E-state index >= 15 is 0 Å². The standard InChI is InChI=1S/C30H30ClN3O4S/c1-39(36,37)33-29-17-22(11-14-26(29)31)30(35)20-34(19-21-7-3-2-4-8-21)15-16-38-23-12-13-25-24-9-5-6-10-27(24)32-28(25)18-23/h2-14,17-18,30,32-33,35H,15-16,19-20H2,1H3/t30-/m0/s1. The lowest BCUT2D eigenvalue weighted by atomic mass is 10.1. The number of ether oxygens (including phenoxy) is 1. The third kappa shape index (κ3) is 6.91. The zero-order chi connectivity index (χ0) is 27.4. The number of fused-ring (bicyclic) bond motifs is 3. The topological polar surface area (TPSA) is 94.7 Å². The molecule has 1 atom stereocenters. The van der Waals surface area contributed by atoms with Crippen molar-refractivity contribution in [1.29, 1.82) is 0 Å². The molecule has 0 saturated heterocycles. The quantitative estimate of drug-likeness (QED) is 0.184. The first-order valence-electron chi connectivity index (χ1n) is 12.6. The van der Waals surface area contributed by atoms with Crippen molar-refractivity contribution in [2.45, 2.75) is 12.6 Å². The molecule has 0 bridgehead atoms. The van der Waals surface area contributed by atoms with Crippen LogP contribution in [0, 0.1) is 0 Å². The number of hydrogen-bond acceptors (Lipinski definition) is 5. The summed E-state index contributed by atoms with van der Waals surface area (Å²) in [7, 11) is -3.51. The molecule has 0 aliphatic carbocycles. The van der Waals surface area contributed by atoms with Gasteiger partial charge in [0.25, 0.3) is 0 Å². The fourth-order valence-corrected chi connectivity index (χ4v) is 5.46. The molecule has 0 radical (unpaired) electrons. The van der Waals surface area contributed by atoms with Crippen molar-refractivity contribution in [3.8, 4) is 5.75 Å². The van der Waals surface area contributed by atoms with E-state index in [2.05, 4.69) is 32.8 Å². The van der Waals surface area contributed by atoms with Gasteiger partial charge in [0.1, 0.15) is 12.4 Å². The predicted molar refractivity (Wildman–Crippen MR) is 158 cm³/mol. The molecule has 0 saturated carbocycles. The van der Waals surface area contributed by atoms with Gasteiger partial charge in [0.05, 0.1) is 28.6 Å². The highest BCUT2D eigenvalue weighted by molar-refractivity contribution is 7.92. The zero-order valence-corrected chi connectivity index (χ0v) is 23.0. The predicted octanol–water partition coefficient (Wildman–Crippen LogP) is 5.96. The molecular formula is C30H30ClN3O4S. The number of nitrogens with zero attached hydrogens (tertiary/aromatic N) is 1. The SMILES string of the molecule is CS(=O)(=O)Nc1cc([C@@H](O)CN(CCOc2ccc3c(c2)[nH]c2ccccc23)Cc2ccccc2)ccc1Cl. The van der Waals surface area contributed by atoms with Crippen LogP contribution >= 0.6 is 11.6 Å². The zero-order valence-electron chi connectivity index (χ0n) is 21.5. The lowest BCUT2D eigenvalue weighted by Gasteiger charge is -2.26. The monoisotopic (exact) mass is 563 g/mol. The maximum atomic E-state index is 11.7. The minimum absolute atomic E-state index is 0.237. The average molecular weight is 564 g/mol. The summed E-state index contributed by atoms with van der Waals surface area (Å²) in [5.41, 5.74) is 4.02. The molecular weight excluding hydrogens is 534 g/mol. The van der Waals surface area contributed by atoms with Gasteiger partial charge in [-0.2, -0.15) is 0 Å². The Labute approximate surface area is 233 Å². The Morgan fingerprint density at radius 1 is 0.949 bits per heavy atom. The summed E-state index contributed by atoms with van der Waals surface area (Å²) in [4.78, 5) is 5.55. The molecule has 0 fully saturated rings. The smallest absolute Gasteiger partial charge is 0.229 e. The summed E-state index contributed by atoms with van der Waals surface area (Å²) < 4.78 is 31.9. The minimum Gasteiger partial charge on any atom is -0.492 e. The van der Waals surface area contributed by atoms with Crippen LogP contribution in [0.15, 0.2) is 91.0 Å². The van der Waals surface area contributed by atoms with Crippen LogP contribution in [0.25, 0.3) is 21.8 Å². The van der Waals surface area contributed by atoms with Gasteiger partial charge in [-0.15, -0.1) is 0 Å². The molecule has 0 spiro atoms. The van der Waals surface area contributed by atoms with Crippen LogP contribution in [0.1, 0.15) is 17.2 Å². The molecule has 0 amide bonds. The second kappa shape index (κ2) is 11.7. The van der Waals surface area contributed by atoms with Gasteiger partial charge in [0.2, 0.25) is 10.0 Å². The summed E-state index contributed by atoms with van der Waals surface area (Å²) in [5, 5.41) is 13.7. The van der Waals surface area contributed by atoms with Crippen LogP contribution in [0.5, 0.6) is 5.75 Å². The molecule has 7 nitrogen and oxygen atoms in total. The lowest BCUT2D eigenvalue weighted by molar-refractivity contribution is 0.0986. The maximum Gasteiger partial charge on any atom is 0.229 e. The van der Waals surface area contributed by atoms with Gasteiger partial charge in [0.15, 0.2) is 0 Å². The molecule has 0 aliphatic heterocycles. The first kappa shape index (κ1) is 27.0. The number of halogens is 1. The second-order valence-electron chi connectivity index (χ2n) is 9.58. The Balaban J connectivity index is 1.29. The molecule has 5 rings (SSSR count). The van der Waals surface area contributed by atoms with Crippen molar-refractivity contribution in [2.24, 2.45) is 0 Å². The Hall–Kier alpha value is -3.56. The van der Waals surface area contributed by atoms with E-state index in [9.17, 15) is 13.5 Å². The number of aromatic amines is 1. The van der Waals surface area contributed by atoms with Gasteiger partial charge >= 0.3 is 0 Å². The highest BCUT2D eigenvalue weighted by Crippen LogP contribution is 2.29. The van der Waals surface area contributed by atoms with Crippen LogP contribution in [-0.2, 0) is 16.6 Å². The van der Waals surface area contributed by atoms with Crippen molar-refractivity contribution in [3.63, 3.8) is 0 Å². The van der Waals surface area contributed by atoms with Crippen LogP contribution in [-0.4, -0.2) is 49.4 Å². The van der Waals surface area contributed by atoms with Crippen molar-refractivity contribution in [1.82, 2.24) is 9.88 Å². The van der Waals surface area contributed by atoms with Gasteiger partial charge < -0.3 is 14.8 Å². The lowest BCUT2D eigenvalue weighted by Crippen LogP contribution is -2.32. The number of H-pyrrole nitrogens is 1. The van der Waals surface area contributed by atoms with Crippen molar-refractivity contribution in [3.05, 3.63) is 107 Å². The van der Waals surface area contributed by atoms with E-state index in [1.54, 1.807) is 18.2 Å². The fraction of sp³-hybridized carbons (Fsp3) is 0.200. The molecule has 9 heteroatoms. The normalized spacial score (nSPS) is 12.7. The van der Waals surface area contributed by atoms with Gasteiger partial charge in [0, 0.05) is 42.0 Å². The number of aliphatic hydroxyl groups excluding tert-OH is 1. The van der Waals surface area contributed by atoms with Crippen molar-refractivity contribution < 1.29 is 18.3 Å². The number of sulfonamides is 1. The minimum atomic E-state index is -3.51. The van der Waals surface area contributed by atoms with Crippen molar-refractivity contribution >= 4 is 49.1 Å². The first-order chi connectivity index (χ1) is 18.7. The number of aliphatic hydroxyl groups is 1. The molecule has 1 heterocycles. The summed E-state index contributed by atoms with van der Waals surface area (Å²) in [6, 6.07) is 29.1. The second-order valence-corrected chi connectivity index (χ2v) is 11.7. The third-order valence-electron chi connectivity index (χ3n) is 6.50. The Morgan fingerprint density at radius 3 is 2.49 bits per heavy atom. The fourth-order valence-electron chi connectivity index (χ4n) is 4.67. The van der Waals surface area contributed by atoms with Crippen LogP contribution < -0.4 is 9.46 Å². The van der Waals surface area contributed by atoms with E-state index in [-0.39, 0.29) is 10.7 Å². The van der Waals surface area contributed by atoms with Gasteiger partial charge in [-0.1, -0.05) is 66.2 Å². The summed E-state index contributed by atoms with van der Waals surface area (Å²) in [5.74, 6) is 0.767. The van der Waals surface area contributed by atoms with E-state index in [0.29, 0.717) is 31.8 Å². The molecule has 3 N–H and O–H groups in total. The van der Waals surface area contributed by atoms with Gasteiger partial charge in [-0.05, 0) is 41.5 Å². The number of para-hydroxylation sites is 1. The highest BCUT2D eigenvalue weighted by Gasteiger charge is 2.17. The molecule has 1 aromatic heterocycles. The average Bonchev–Trinajstić information content (AvgIpc) is 3.27. The molecule has 39 heavy (non-hydrogen) atoms. The number of benzene rings is 4. The van der Waals surface area contributed by atoms with Crippen LogP contribution in [0.4, 0.5) is 5.69 Å². The van der Waals surface area contributed by atoms with Gasteiger partial charge in [-0.3, -0.25) is 9.62 Å². The highest BCUT2D eigenvalue weighted by atomic mass is 35.5. The summed E-state index contributed by atoms with van der Waals surface area (Å²) in [6.07, 6.45) is 0.193. The number of hydrogen-bond donors (Lipinski definition) is 3. The molecule has 202 valence electrons. The molecule has 0 unspecified atom stereocenters. The van der Waals surface area contributed by atoms with Gasteiger partial charge in [-0.25, -0.2) is 8.42 Å². The molecule has 4 aromatic carbocycles. The first-order valence-corrected chi connectivity index (χ1v) is 14.9.